The third-order valence-electron chi connectivity index (χ3n) is 4.17. The van der Waals surface area contributed by atoms with Crippen molar-refractivity contribution in [3.8, 4) is 5.69 Å². The first-order chi connectivity index (χ1) is 12.8. The summed E-state index contributed by atoms with van der Waals surface area (Å²) in [5.74, 6) is 0. The topological polar surface area (TPSA) is 85.0 Å². The molecule has 0 saturated carbocycles. The average Bonchev–Trinajstić information content (AvgIpc) is 2.98. The first-order valence-electron chi connectivity index (χ1n) is 7.68. The van der Waals surface area contributed by atoms with Crippen LogP contribution in [0.2, 0.25) is 0 Å². The van der Waals surface area contributed by atoms with Gasteiger partial charge in [-0.15, -0.1) is 4.52 Å². The van der Waals surface area contributed by atoms with Crippen LogP contribution in [-0.4, -0.2) is 14.8 Å². The molecule has 0 unspecified atom stereocenters. The van der Waals surface area contributed by atoms with Gasteiger partial charge in [0.2, 0.25) is 0 Å². The molecule has 136 valence electrons. The maximum atomic E-state index is 13.0. The molecule has 0 bridgehead atoms. The van der Waals surface area contributed by atoms with Gasteiger partial charge in [-0.25, -0.2) is 4.79 Å². The average molecular weight is 375 g/mol. The second kappa shape index (κ2) is 5.66. The van der Waals surface area contributed by atoms with E-state index >= 15 is 0 Å². The van der Waals surface area contributed by atoms with E-state index < -0.39 is 27.9 Å². The minimum absolute atomic E-state index is 0.0862. The fraction of sp³-hybridized carbons (Fsp3) is 0.0588. The van der Waals surface area contributed by atoms with E-state index in [0.717, 1.165) is 22.9 Å². The number of benzene rings is 2. The predicted octanol–water partition coefficient (Wildman–Crippen LogP) is 2.98. The van der Waals surface area contributed by atoms with Crippen LogP contribution in [0.5, 0.6) is 0 Å². The van der Waals surface area contributed by atoms with Gasteiger partial charge in [-0.2, -0.15) is 13.2 Å². The Bertz CT molecular complexity index is 1270. The number of nitrogens with one attached hydrogen (secondary N) is 1. The Balaban J connectivity index is 2.09. The largest absolute Gasteiger partial charge is 0.416 e. The van der Waals surface area contributed by atoms with Crippen molar-refractivity contribution in [1.82, 2.24) is 9.90 Å². The number of H-pyrrole nitrogens is 1. The second-order valence-electron chi connectivity index (χ2n) is 5.82. The molecule has 1 N–H and O–H groups in total. The Kier molecular flexibility index (Phi) is 3.51. The zero-order valence-electron chi connectivity index (χ0n) is 13.4. The van der Waals surface area contributed by atoms with Gasteiger partial charge in [0.15, 0.2) is 11.2 Å². The molecule has 4 aromatic rings. The second-order valence-corrected chi connectivity index (χ2v) is 5.82. The molecule has 0 amide bonds. The maximum absolute atomic E-state index is 13.0. The van der Waals surface area contributed by atoms with Crippen LogP contribution in [0, 0.1) is 10.1 Å². The van der Waals surface area contributed by atoms with Gasteiger partial charge in [0.1, 0.15) is 0 Å². The van der Waals surface area contributed by atoms with Crippen LogP contribution in [0.3, 0.4) is 0 Å². The summed E-state index contributed by atoms with van der Waals surface area (Å²) in [6.45, 7) is 0. The molecule has 2 heterocycles. The molecule has 7 nitrogen and oxygen atoms in total. The molecule has 2 aromatic heterocycles. The minimum atomic E-state index is -4.59. The highest BCUT2D eigenvalue weighted by Gasteiger charge is 2.33. The predicted molar refractivity (Wildman–Crippen MR) is 88.7 cm³/mol. The number of aromatic nitrogens is 3. The number of fused-ring (bicyclic) bond motifs is 3. The molecule has 0 atom stereocenters. The summed E-state index contributed by atoms with van der Waals surface area (Å²) >= 11 is 0. The van der Waals surface area contributed by atoms with Crippen LogP contribution in [0.15, 0.2) is 59.4 Å². The Morgan fingerprint density at radius 3 is 2.52 bits per heavy atom. The highest BCUT2D eigenvalue weighted by molar-refractivity contribution is 5.81. The van der Waals surface area contributed by atoms with Gasteiger partial charge in [-0.05, 0) is 24.3 Å². The van der Waals surface area contributed by atoms with Crippen molar-refractivity contribution in [1.29, 1.82) is 0 Å². The molecule has 0 aliphatic heterocycles. The molecule has 4 rings (SSSR count). The molecular weight excluding hydrogens is 365 g/mol. The van der Waals surface area contributed by atoms with Gasteiger partial charge >= 0.3 is 22.9 Å². The van der Waals surface area contributed by atoms with Crippen molar-refractivity contribution in [3.63, 3.8) is 0 Å². The molecule has 0 saturated heterocycles. The number of rotatable bonds is 2. The third kappa shape index (κ3) is 2.62. The number of aromatic amines is 1. The summed E-state index contributed by atoms with van der Waals surface area (Å²) < 4.78 is 41.0. The van der Waals surface area contributed by atoms with Crippen LogP contribution < -0.4 is 10.1 Å². The molecule has 2 aromatic carbocycles. The monoisotopic (exact) mass is 375 g/mol. The Labute approximate surface area is 148 Å². The van der Waals surface area contributed by atoms with E-state index in [0.29, 0.717) is 10.9 Å². The van der Waals surface area contributed by atoms with Gasteiger partial charge in [-0.3, -0.25) is 10.1 Å². The van der Waals surface area contributed by atoms with E-state index in [9.17, 15) is 28.1 Å². The zero-order valence-corrected chi connectivity index (χ0v) is 13.4. The molecule has 0 radical (unpaired) electrons. The number of para-hydroxylation sites is 1. The summed E-state index contributed by atoms with van der Waals surface area (Å²) in [5.41, 5.74) is -2.09. The minimum Gasteiger partial charge on any atom is -0.258 e. The maximum Gasteiger partial charge on any atom is 0.416 e. The van der Waals surface area contributed by atoms with E-state index in [-0.39, 0.29) is 11.2 Å². The molecular formula is C17H10F3N4O3+. The van der Waals surface area contributed by atoms with Gasteiger partial charge in [0.05, 0.1) is 10.5 Å². The van der Waals surface area contributed by atoms with Crippen molar-refractivity contribution in [2.24, 2.45) is 0 Å². The van der Waals surface area contributed by atoms with Crippen molar-refractivity contribution in [2.45, 2.75) is 6.18 Å². The number of alkyl halides is 3. The summed E-state index contributed by atoms with van der Waals surface area (Å²) in [6.07, 6.45) is -4.59. The van der Waals surface area contributed by atoms with Gasteiger partial charge in [0, 0.05) is 11.5 Å². The standard InChI is InChI=1S/C17H9F3N4O3/c18-17(19,20)11-5-3-6-12(9-11)22-16(25)15-14(24(26)27)8-10-4-1-2-7-13(10)23(15)21-22/h1-9H/p+1. The zero-order chi connectivity index (χ0) is 19.3. The number of nitrogens with zero attached hydrogens (tertiary/aromatic N) is 3. The molecule has 0 aliphatic rings. The lowest BCUT2D eigenvalue weighted by atomic mass is 10.2. The molecule has 27 heavy (non-hydrogen) atoms. The van der Waals surface area contributed by atoms with E-state index in [1.165, 1.54) is 16.6 Å². The van der Waals surface area contributed by atoms with Crippen LogP contribution in [0.25, 0.3) is 22.1 Å². The molecule has 0 aliphatic carbocycles. The van der Waals surface area contributed by atoms with Crippen molar-refractivity contribution >= 4 is 22.1 Å². The SMILES string of the molecule is O=c1c2c([N+](=O)[O-])cc3ccccc3[n+]2[nH]n1-c1cccc(C(F)(F)F)c1. The van der Waals surface area contributed by atoms with E-state index in [4.69, 9.17) is 0 Å². The number of nitro groups is 1. The number of pyridine rings is 1. The van der Waals surface area contributed by atoms with Crippen molar-refractivity contribution in [3.05, 3.63) is 80.6 Å². The number of hydrogen-bond acceptors (Lipinski definition) is 3. The normalized spacial score (nSPS) is 12.0. The quantitative estimate of drug-likeness (QED) is 0.332. The molecule has 0 fully saturated rings. The lowest BCUT2D eigenvalue weighted by Crippen LogP contribution is -2.27. The van der Waals surface area contributed by atoms with Gasteiger partial charge in [0.25, 0.3) is 0 Å². The number of halogens is 3. The lowest BCUT2D eigenvalue weighted by molar-refractivity contribution is -0.559. The van der Waals surface area contributed by atoms with Crippen LogP contribution in [0.1, 0.15) is 5.56 Å². The first kappa shape index (κ1) is 16.8. The van der Waals surface area contributed by atoms with Crippen LogP contribution in [0.4, 0.5) is 18.9 Å². The van der Waals surface area contributed by atoms with Crippen LogP contribution in [-0.2, 0) is 6.18 Å². The Morgan fingerprint density at radius 1 is 1.07 bits per heavy atom. The summed E-state index contributed by atoms with van der Waals surface area (Å²) in [7, 11) is 0. The van der Waals surface area contributed by atoms with Crippen molar-refractivity contribution in [2.75, 3.05) is 0 Å². The Hall–Kier alpha value is -3.69. The summed E-state index contributed by atoms with van der Waals surface area (Å²) in [6, 6.07) is 12.0. The fourth-order valence-corrected chi connectivity index (χ4v) is 2.96. The summed E-state index contributed by atoms with van der Waals surface area (Å²) in [4.78, 5) is 23.5. The van der Waals surface area contributed by atoms with Gasteiger partial charge in [-0.1, -0.05) is 34.2 Å². The lowest BCUT2D eigenvalue weighted by Gasteiger charge is -2.05. The van der Waals surface area contributed by atoms with E-state index in [1.807, 2.05) is 0 Å². The van der Waals surface area contributed by atoms with Crippen molar-refractivity contribution < 1.29 is 22.6 Å². The van der Waals surface area contributed by atoms with E-state index in [2.05, 4.69) is 5.21 Å². The molecule has 10 heteroatoms. The third-order valence-corrected chi connectivity index (χ3v) is 4.17. The Morgan fingerprint density at radius 2 is 1.81 bits per heavy atom. The number of hydrogen-bond donors (Lipinski definition) is 1. The fourth-order valence-electron chi connectivity index (χ4n) is 2.96. The highest BCUT2D eigenvalue weighted by Crippen LogP contribution is 2.30. The smallest absolute Gasteiger partial charge is 0.258 e. The highest BCUT2D eigenvalue weighted by atomic mass is 19.4. The van der Waals surface area contributed by atoms with Crippen LogP contribution >= 0.6 is 0 Å². The van der Waals surface area contributed by atoms with E-state index in [1.54, 1.807) is 24.3 Å². The molecule has 0 spiro atoms. The first-order valence-corrected chi connectivity index (χ1v) is 7.68. The summed E-state index contributed by atoms with van der Waals surface area (Å²) in [5, 5.41) is 14.6. The van der Waals surface area contributed by atoms with Gasteiger partial charge < -0.3 is 0 Å².